The smallest absolute Gasteiger partial charge is 0.0865 e. The minimum Gasteiger partial charge on any atom is -0.393 e. The Bertz CT molecular complexity index is 146. The van der Waals surface area contributed by atoms with Crippen molar-refractivity contribution >= 4 is 0 Å². The summed E-state index contributed by atoms with van der Waals surface area (Å²) in [5.74, 6) is 0. The number of aliphatic hydroxyl groups is 1. The topological polar surface area (TPSA) is 47.3 Å². The van der Waals surface area contributed by atoms with Gasteiger partial charge in [-0.25, -0.2) is 0 Å². The van der Waals surface area contributed by atoms with Gasteiger partial charge in [0.1, 0.15) is 0 Å². The van der Waals surface area contributed by atoms with E-state index in [1.165, 1.54) is 0 Å². The molecular weight excluding hydrogens is 128 g/mol. The van der Waals surface area contributed by atoms with Gasteiger partial charge in [-0.1, -0.05) is 0 Å². The summed E-state index contributed by atoms with van der Waals surface area (Å²) < 4.78 is 0. The first kappa shape index (κ1) is 7.52. The van der Waals surface area contributed by atoms with E-state index >= 15 is 0 Å². The highest BCUT2D eigenvalue weighted by Crippen LogP contribution is 2.23. The quantitative estimate of drug-likeness (QED) is 0.548. The number of nitrogens with zero attached hydrogens (tertiary/aromatic N) is 2. The highest BCUT2D eigenvalue weighted by Gasteiger charge is 2.29. The summed E-state index contributed by atoms with van der Waals surface area (Å²) in [5.41, 5.74) is 0. The van der Waals surface area contributed by atoms with Crippen molar-refractivity contribution in [3.05, 3.63) is 0 Å². The van der Waals surface area contributed by atoms with E-state index < -0.39 is 0 Å². The molecule has 0 aliphatic heterocycles. The van der Waals surface area contributed by atoms with Gasteiger partial charge >= 0.3 is 0 Å². The average Bonchev–Trinajstić information content (AvgIpc) is 1.82. The molecule has 0 atom stereocenters. The van der Waals surface area contributed by atoms with E-state index in [0.29, 0.717) is 12.6 Å². The molecule has 0 aromatic carbocycles. The Balaban J connectivity index is 2.19. The Morgan fingerprint density at radius 1 is 1.70 bits per heavy atom. The second-order valence-corrected chi connectivity index (χ2v) is 2.85. The number of hydrogen-bond acceptors (Lipinski definition) is 3. The Morgan fingerprint density at radius 2 is 2.30 bits per heavy atom. The van der Waals surface area contributed by atoms with Gasteiger partial charge in [-0.2, -0.15) is 5.26 Å². The Labute approximate surface area is 60.9 Å². The summed E-state index contributed by atoms with van der Waals surface area (Å²) in [6.45, 7) is 0.470. The van der Waals surface area contributed by atoms with Gasteiger partial charge in [0.15, 0.2) is 0 Å². The molecule has 0 unspecified atom stereocenters. The molecule has 0 radical (unpaired) electrons. The van der Waals surface area contributed by atoms with Crippen LogP contribution in [-0.4, -0.2) is 35.7 Å². The summed E-state index contributed by atoms with van der Waals surface area (Å²) in [7, 11) is 1.92. The van der Waals surface area contributed by atoms with Crippen molar-refractivity contribution in [3.63, 3.8) is 0 Å². The summed E-state index contributed by atoms with van der Waals surface area (Å²) in [5, 5.41) is 17.2. The predicted molar refractivity (Wildman–Crippen MR) is 37.3 cm³/mol. The van der Waals surface area contributed by atoms with Gasteiger partial charge in [-0.05, 0) is 19.9 Å². The van der Waals surface area contributed by atoms with Crippen LogP contribution in [0.25, 0.3) is 0 Å². The maximum absolute atomic E-state index is 8.93. The lowest BCUT2D eigenvalue weighted by Gasteiger charge is -2.37. The van der Waals surface area contributed by atoms with Crippen molar-refractivity contribution < 1.29 is 5.11 Å². The van der Waals surface area contributed by atoms with Crippen molar-refractivity contribution in [3.8, 4) is 6.07 Å². The van der Waals surface area contributed by atoms with E-state index in [1.54, 1.807) is 0 Å². The fourth-order valence-electron chi connectivity index (χ4n) is 1.16. The minimum absolute atomic E-state index is 0.119. The lowest BCUT2D eigenvalue weighted by atomic mass is 9.88. The SMILES string of the molecule is CN(CC#N)C1CC(O)C1. The molecule has 1 aliphatic carbocycles. The number of hydrogen-bond donors (Lipinski definition) is 1. The molecule has 1 N–H and O–H groups in total. The first-order valence-corrected chi connectivity index (χ1v) is 3.49. The third-order valence-corrected chi connectivity index (χ3v) is 2.03. The summed E-state index contributed by atoms with van der Waals surface area (Å²) >= 11 is 0. The summed E-state index contributed by atoms with van der Waals surface area (Å²) in [6, 6.07) is 2.52. The van der Waals surface area contributed by atoms with Crippen LogP contribution in [0.2, 0.25) is 0 Å². The van der Waals surface area contributed by atoms with Crippen LogP contribution >= 0.6 is 0 Å². The standard InChI is InChI=1S/C7H12N2O/c1-9(3-2-8)6-4-7(10)5-6/h6-7,10H,3-5H2,1H3. The minimum atomic E-state index is -0.119. The molecule has 1 saturated carbocycles. The van der Waals surface area contributed by atoms with E-state index in [-0.39, 0.29) is 6.10 Å². The number of aliphatic hydroxyl groups excluding tert-OH is 1. The molecule has 56 valence electrons. The lowest BCUT2D eigenvalue weighted by molar-refractivity contribution is 0.0171. The lowest BCUT2D eigenvalue weighted by Crippen LogP contribution is -2.45. The monoisotopic (exact) mass is 140 g/mol. The van der Waals surface area contributed by atoms with Crippen LogP contribution in [0.1, 0.15) is 12.8 Å². The van der Waals surface area contributed by atoms with Gasteiger partial charge in [0.25, 0.3) is 0 Å². The van der Waals surface area contributed by atoms with Crippen molar-refractivity contribution in [2.24, 2.45) is 0 Å². The predicted octanol–water partition coefficient (Wildman–Crippen LogP) is -0.0349. The van der Waals surface area contributed by atoms with Gasteiger partial charge < -0.3 is 5.11 Å². The van der Waals surface area contributed by atoms with E-state index in [1.807, 2.05) is 11.9 Å². The number of rotatable bonds is 2. The Hall–Kier alpha value is -0.590. The Kier molecular flexibility index (Phi) is 2.25. The Morgan fingerprint density at radius 3 is 2.70 bits per heavy atom. The summed E-state index contributed by atoms with van der Waals surface area (Å²) in [4.78, 5) is 1.98. The fraction of sp³-hybridized carbons (Fsp3) is 0.857. The van der Waals surface area contributed by atoms with Crippen molar-refractivity contribution in [1.82, 2.24) is 4.90 Å². The zero-order chi connectivity index (χ0) is 7.56. The molecule has 3 nitrogen and oxygen atoms in total. The van der Waals surface area contributed by atoms with E-state index in [4.69, 9.17) is 10.4 Å². The highest BCUT2D eigenvalue weighted by molar-refractivity contribution is 4.88. The van der Waals surface area contributed by atoms with Crippen LogP contribution in [0.3, 0.4) is 0 Å². The molecule has 3 heteroatoms. The van der Waals surface area contributed by atoms with Crippen molar-refractivity contribution in [1.29, 1.82) is 5.26 Å². The number of nitriles is 1. The molecule has 0 amide bonds. The maximum atomic E-state index is 8.93. The second kappa shape index (κ2) is 3.00. The van der Waals surface area contributed by atoms with E-state index in [9.17, 15) is 0 Å². The van der Waals surface area contributed by atoms with Crippen LogP contribution in [0.15, 0.2) is 0 Å². The van der Waals surface area contributed by atoms with Crippen LogP contribution < -0.4 is 0 Å². The normalized spacial score (nSPS) is 31.4. The molecular formula is C7H12N2O. The van der Waals surface area contributed by atoms with Crippen LogP contribution in [0, 0.1) is 11.3 Å². The molecule has 0 aromatic rings. The van der Waals surface area contributed by atoms with E-state index in [2.05, 4.69) is 6.07 Å². The van der Waals surface area contributed by atoms with Crippen molar-refractivity contribution in [2.45, 2.75) is 25.0 Å². The zero-order valence-corrected chi connectivity index (χ0v) is 6.12. The second-order valence-electron chi connectivity index (χ2n) is 2.85. The van der Waals surface area contributed by atoms with Gasteiger partial charge in [0.05, 0.1) is 18.7 Å². The molecule has 0 spiro atoms. The molecule has 0 aromatic heterocycles. The van der Waals surface area contributed by atoms with Crippen LogP contribution in [0.5, 0.6) is 0 Å². The summed E-state index contributed by atoms with van der Waals surface area (Å²) in [6.07, 6.45) is 1.54. The first-order chi connectivity index (χ1) is 4.74. The third-order valence-electron chi connectivity index (χ3n) is 2.03. The van der Waals surface area contributed by atoms with Gasteiger partial charge in [0, 0.05) is 6.04 Å². The van der Waals surface area contributed by atoms with Crippen LogP contribution in [-0.2, 0) is 0 Å². The van der Waals surface area contributed by atoms with E-state index in [0.717, 1.165) is 12.8 Å². The van der Waals surface area contributed by atoms with Gasteiger partial charge in [-0.3, -0.25) is 4.90 Å². The average molecular weight is 140 g/mol. The van der Waals surface area contributed by atoms with Crippen molar-refractivity contribution in [2.75, 3.05) is 13.6 Å². The van der Waals surface area contributed by atoms with Crippen LogP contribution in [0.4, 0.5) is 0 Å². The fourth-order valence-corrected chi connectivity index (χ4v) is 1.16. The molecule has 0 heterocycles. The molecule has 0 saturated heterocycles. The molecule has 1 rings (SSSR count). The zero-order valence-electron chi connectivity index (χ0n) is 6.12. The molecule has 10 heavy (non-hydrogen) atoms. The third kappa shape index (κ3) is 1.47. The van der Waals surface area contributed by atoms with Gasteiger partial charge in [0.2, 0.25) is 0 Å². The largest absolute Gasteiger partial charge is 0.393 e. The van der Waals surface area contributed by atoms with Gasteiger partial charge in [-0.15, -0.1) is 0 Å². The molecule has 0 bridgehead atoms. The molecule has 1 aliphatic rings. The molecule has 1 fully saturated rings. The maximum Gasteiger partial charge on any atom is 0.0865 e. The first-order valence-electron chi connectivity index (χ1n) is 3.49. The highest BCUT2D eigenvalue weighted by atomic mass is 16.3.